The molecular formula is C24H32N4O2. The Kier molecular flexibility index (Phi) is 5.53. The van der Waals surface area contributed by atoms with Gasteiger partial charge in [-0.1, -0.05) is 20.8 Å². The zero-order valence-corrected chi connectivity index (χ0v) is 18.6. The minimum absolute atomic E-state index is 0.0653. The van der Waals surface area contributed by atoms with Crippen LogP contribution in [0.15, 0.2) is 24.3 Å². The molecule has 1 aliphatic carbocycles. The molecule has 2 aliphatic rings. The number of benzene rings is 1. The normalized spacial score (nSPS) is 19.1. The van der Waals surface area contributed by atoms with Crippen LogP contribution in [-0.2, 0) is 6.42 Å². The number of aromatic nitrogens is 2. The Labute approximate surface area is 178 Å². The molecule has 2 aromatic rings. The van der Waals surface area contributed by atoms with E-state index < -0.39 is 0 Å². The molecule has 30 heavy (non-hydrogen) atoms. The molecule has 1 aromatic carbocycles. The summed E-state index contributed by atoms with van der Waals surface area (Å²) in [5.74, 6) is 0.270. The first kappa shape index (κ1) is 20.8. The SMILES string of the molecule is CCCN1CCN(C(=O)c2ccc(-n3nc(C)c4c3CC(C)(C)CC4=O)cc2)CC1. The van der Waals surface area contributed by atoms with Gasteiger partial charge in [0.25, 0.3) is 5.91 Å². The van der Waals surface area contributed by atoms with Crippen molar-refractivity contribution in [3.63, 3.8) is 0 Å². The van der Waals surface area contributed by atoms with Gasteiger partial charge in [0, 0.05) is 38.2 Å². The molecule has 2 heterocycles. The first-order valence-electron chi connectivity index (χ1n) is 11.0. The van der Waals surface area contributed by atoms with Gasteiger partial charge in [-0.2, -0.15) is 5.10 Å². The molecule has 6 nitrogen and oxygen atoms in total. The molecule has 1 fully saturated rings. The van der Waals surface area contributed by atoms with E-state index in [1.54, 1.807) is 0 Å². The van der Waals surface area contributed by atoms with Crippen molar-refractivity contribution in [1.29, 1.82) is 0 Å². The number of aryl methyl sites for hydroxylation is 1. The second-order valence-corrected chi connectivity index (χ2v) is 9.44. The number of amides is 1. The second-order valence-electron chi connectivity index (χ2n) is 9.44. The fraction of sp³-hybridized carbons (Fsp3) is 0.542. The van der Waals surface area contributed by atoms with Crippen molar-refractivity contribution in [2.45, 2.75) is 47.0 Å². The van der Waals surface area contributed by atoms with Crippen molar-refractivity contribution < 1.29 is 9.59 Å². The summed E-state index contributed by atoms with van der Waals surface area (Å²) in [7, 11) is 0. The van der Waals surface area contributed by atoms with Crippen molar-refractivity contribution in [2.75, 3.05) is 32.7 Å². The van der Waals surface area contributed by atoms with E-state index in [-0.39, 0.29) is 17.1 Å². The molecular weight excluding hydrogens is 376 g/mol. The van der Waals surface area contributed by atoms with Gasteiger partial charge in [0.1, 0.15) is 0 Å². The lowest BCUT2D eigenvalue weighted by molar-refractivity contribution is 0.0637. The number of nitrogens with zero attached hydrogens (tertiary/aromatic N) is 4. The Hall–Kier alpha value is -2.47. The molecule has 4 rings (SSSR count). The van der Waals surface area contributed by atoms with Crippen LogP contribution in [0.1, 0.15) is 65.7 Å². The third-order valence-electron chi connectivity index (χ3n) is 6.28. The van der Waals surface area contributed by atoms with Crippen LogP contribution in [0, 0.1) is 12.3 Å². The minimum Gasteiger partial charge on any atom is -0.336 e. The minimum atomic E-state index is -0.0653. The molecule has 0 unspecified atom stereocenters. The molecule has 0 radical (unpaired) electrons. The second kappa shape index (κ2) is 7.99. The number of rotatable bonds is 4. The molecule has 1 aliphatic heterocycles. The van der Waals surface area contributed by atoms with Crippen molar-refractivity contribution in [3.05, 3.63) is 46.8 Å². The molecule has 0 saturated carbocycles. The highest BCUT2D eigenvalue weighted by Crippen LogP contribution is 2.36. The lowest BCUT2D eigenvalue weighted by atomic mass is 9.75. The summed E-state index contributed by atoms with van der Waals surface area (Å²) in [4.78, 5) is 29.9. The largest absolute Gasteiger partial charge is 0.336 e. The molecule has 1 amide bonds. The van der Waals surface area contributed by atoms with Crippen molar-refractivity contribution in [3.8, 4) is 5.69 Å². The van der Waals surface area contributed by atoms with Gasteiger partial charge in [-0.3, -0.25) is 14.5 Å². The Morgan fingerprint density at radius 3 is 2.37 bits per heavy atom. The van der Waals surface area contributed by atoms with E-state index in [4.69, 9.17) is 0 Å². The van der Waals surface area contributed by atoms with Crippen molar-refractivity contribution in [1.82, 2.24) is 19.6 Å². The Bertz CT molecular complexity index is 950. The fourth-order valence-corrected chi connectivity index (χ4v) is 4.77. The van der Waals surface area contributed by atoms with Gasteiger partial charge in [0.15, 0.2) is 5.78 Å². The summed E-state index contributed by atoms with van der Waals surface area (Å²) in [6.07, 6.45) is 2.53. The van der Waals surface area contributed by atoms with Gasteiger partial charge < -0.3 is 4.90 Å². The highest BCUT2D eigenvalue weighted by Gasteiger charge is 2.35. The van der Waals surface area contributed by atoms with Crippen LogP contribution in [-0.4, -0.2) is 64.0 Å². The fourth-order valence-electron chi connectivity index (χ4n) is 4.77. The summed E-state index contributed by atoms with van der Waals surface area (Å²) in [5.41, 5.74) is 4.09. The lowest BCUT2D eigenvalue weighted by Gasteiger charge is -2.34. The molecule has 0 bridgehead atoms. The maximum absolute atomic E-state index is 12.9. The molecule has 1 aromatic heterocycles. The van der Waals surface area contributed by atoms with E-state index in [1.807, 2.05) is 40.8 Å². The summed E-state index contributed by atoms with van der Waals surface area (Å²) in [6.45, 7) is 12.9. The predicted octanol–water partition coefficient (Wildman–Crippen LogP) is 3.50. The molecule has 0 atom stereocenters. The van der Waals surface area contributed by atoms with Crippen LogP contribution in [0.5, 0.6) is 0 Å². The van der Waals surface area contributed by atoms with Gasteiger partial charge in [0.05, 0.1) is 22.6 Å². The molecule has 160 valence electrons. The van der Waals surface area contributed by atoms with Gasteiger partial charge >= 0.3 is 0 Å². The molecule has 0 spiro atoms. The number of carbonyl (C=O) groups is 2. The Morgan fingerprint density at radius 1 is 1.07 bits per heavy atom. The van der Waals surface area contributed by atoms with E-state index in [2.05, 4.69) is 30.8 Å². The van der Waals surface area contributed by atoms with Gasteiger partial charge in [-0.25, -0.2) is 4.68 Å². The summed E-state index contributed by atoms with van der Waals surface area (Å²) in [5, 5.41) is 4.66. The van der Waals surface area contributed by atoms with Crippen molar-refractivity contribution >= 4 is 11.7 Å². The number of Topliss-reactive ketones (excluding diaryl/α,β-unsaturated/α-hetero) is 1. The van der Waals surface area contributed by atoms with E-state index in [1.165, 1.54) is 0 Å². The monoisotopic (exact) mass is 408 g/mol. The molecule has 1 saturated heterocycles. The van der Waals surface area contributed by atoms with Crippen LogP contribution in [0.4, 0.5) is 0 Å². The van der Waals surface area contributed by atoms with Gasteiger partial charge in [0.2, 0.25) is 0 Å². The maximum Gasteiger partial charge on any atom is 0.253 e. The maximum atomic E-state index is 12.9. The van der Waals surface area contributed by atoms with E-state index in [0.29, 0.717) is 12.0 Å². The highest BCUT2D eigenvalue weighted by atomic mass is 16.2. The number of hydrogen-bond donors (Lipinski definition) is 0. The standard InChI is InChI=1S/C24H32N4O2/c1-5-10-26-11-13-27(14-12-26)23(30)18-6-8-19(9-7-18)28-20-15-24(3,4)16-21(29)22(20)17(2)25-28/h6-9H,5,10-16H2,1-4H3. The van der Waals surface area contributed by atoms with Crippen LogP contribution in [0.2, 0.25) is 0 Å². The van der Waals surface area contributed by atoms with E-state index in [0.717, 1.165) is 68.2 Å². The lowest BCUT2D eigenvalue weighted by Crippen LogP contribution is -2.48. The summed E-state index contributed by atoms with van der Waals surface area (Å²) >= 11 is 0. The number of piperazine rings is 1. The zero-order chi connectivity index (χ0) is 21.5. The third kappa shape index (κ3) is 3.93. The smallest absolute Gasteiger partial charge is 0.253 e. The summed E-state index contributed by atoms with van der Waals surface area (Å²) in [6, 6.07) is 7.66. The number of ketones is 1. The average molecular weight is 409 g/mol. The number of hydrogen-bond acceptors (Lipinski definition) is 4. The average Bonchev–Trinajstić information content (AvgIpc) is 3.03. The first-order chi connectivity index (χ1) is 14.3. The summed E-state index contributed by atoms with van der Waals surface area (Å²) < 4.78 is 1.89. The Morgan fingerprint density at radius 2 is 1.73 bits per heavy atom. The van der Waals surface area contributed by atoms with Crippen molar-refractivity contribution in [2.24, 2.45) is 5.41 Å². The molecule has 0 N–H and O–H groups in total. The number of fused-ring (bicyclic) bond motifs is 1. The van der Waals surface area contributed by atoms with E-state index >= 15 is 0 Å². The quantitative estimate of drug-likeness (QED) is 0.777. The van der Waals surface area contributed by atoms with Crippen LogP contribution in [0.3, 0.4) is 0 Å². The first-order valence-corrected chi connectivity index (χ1v) is 11.0. The third-order valence-corrected chi connectivity index (χ3v) is 6.28. The van der Waals surface area contributed by atoms with E-state index in [9.17, 15) is 9.59 Å². The Balaban J connectivity index is 1.53. The highest BCUT2D eigenvalue weighted by molar-refractivity contribution is 6.00. The van der Waals surface area contributed by atoms with Crippen LogP contribution in [0.25, 0.3) is 5.69 Å². The number of carbonyl (C=O) groups excluding carboxylic acids is 2. The molecule has 6 heteroatoms. The van der Waals surface area contributed by atoms with Crippen LogP contribution >= 0.6 is 0 Å². The van der Waals surface area contributed by atoms with Gasteiger partial charge in [-0.15, -0.1) is 0 Å². The van der Waals surface area contributed by atoms with Crippen LogP contribution < -0.4 is 0 Å². The topological polar surface area (TPSA) is 58.4 Å². The predicted molar refractivity (Wildman–Crippen MR) is 117 cm³/mol. The van der Waals surface area contributed by atoms with Gasteiger partial charge in [-0.05, 0) is 56.0 Å². The zero-order valence-electron chi connectivity index (χ0n) is 18.6.